The van der Waals surface area contributed by atoms with Gasteiger partial charge in [-0.1, -0.05) is 6.07 Å². The fourth-order valence-corrected chi connectivity index (χ4v) is 4.54. The highest BCUT2D eigenvalue weighted by Gasteiger charge is 2.31. The van der Waals surface area contributed by atoms with Gasteiger partial charge in [0.2, 0.25) is 0 Å². The van der Waals surface area contributed by atoms with Crippen molar-refractivity contribution in [2.45, 2.75) is 32.7 Å². The summed E-state index contributed by atoms with van der Waals surface area (Å²) < 4.78 is 5.46. The minimum Gasteiger partial charge on any atom is -0.466 e. The second-order valence-electron chi connectivity index (χ2n) is 6.38. The van der Waals surface area contributed by atoms with E-state index in [-0.39, 0.29) is 5.91 Å². The molecule has 2 aromatic heterocycles. The van der Waals surface area contributed by atoms with Gasteiger partial charge in [-0.05, 0) is 63.7 Å². The lowest BCUT2D eigenvalue weighted by molar-refractivity contribution is 0.0894. The average Bonchev–Trinajstić information content (AvgIpc) is 3.14. The first-order valence-electron chi connectivity index (χ1n) is 8.15. The van der Waals surface area contributed by atoms with E-state index in [0.717, 1.165) is 18.7 Å². The Kier molecular flexibility index (Phi) is 4.87. The summed E-state index contributed by atoms with van der Waals surface area (Å²) in [6, 6.07) is 6.52. The number of carbonyl (C=O) groups is 1. The van der Waals surface area contributed by atoms with E-state index in [2.05, 4.69) is 34.8 Å². The van der Waals surface area contributed by atoms with Crippen molar-refractivity contribution in [3.05, 3.63) is 45.5 Å². The predicted octanol–water partition coefficient (Wildman–Crippen LogP) is 3.77. The van der Waals surface area contributed by atoms with Crippen molar-refractivity contribution in [1.82, 2.24) is 10.2 Å². The van der Waals surface area contributed by atoms with Crippen LogP contribution in [0.1, 0.15) is 45.6 Å². The fraction of sp³-hybridized carbons (Fsp3) is 0.500. The zero-order chi connectivity index (χ0) is 16.4. The molecule has 124 valence electrons. The Balaban J connectivity index is 1.68. The number of aryl methyl sites for hydroxylation is 2. The summed E-state index contributed by atoms with van der Waals surface area (Å²) >= 11 is 1.80. The third-order valence-corrected chi connectivity index (χ3v) is 5.60. The van der Waals surface area contributed by atoms with Crippen molar-refractivity contribution in [1.29, 1.82) is 0 Å². The van der Waals surface area contributed by atoms with Gasteiger partial charge in [0.25, 0.3) is 5.91 Å². The van der Waals surface area contributed by atoms with Crippen molar-refractivity contribution >= 4 is 17.2 Å². The van der Waals surface area contributed by atoms with E-state index < -0.39 is 0 Å². The van der Waals surface area contributed by atoms with Gasteiger partial charge in [-0.2, -0.15) is 0 Å². The first kappa shape index (κ1) is 16.3. The first-order valence-corrected chi connectivity index (χ1v) is 9.03. The number of likely N-dealkylation sites (tertiary alicyclic amines) is 1. The number of amides is 1. The van der Waals surface area contributed by atoms with E-state index in [1.54, 1.807) is 11.3 Å². The van der Waals surface area contributed by atoms with Gasteiger partial charge in [0.05, 0.1) is 5.56 Å². The summed E-state index contributed by atoms with van der Waals surface area (Å²) in [5, 5.41) is 5.24. The molecule has 0 bridgehead atoms. The number of furan rings is 1. The van der Waals surface area contributed by atoms with E-state index in [4.69, 9.17) is 4.42 Å². The highest BCUT2D eigenvalue weighted by molar-refractivity contribution is 7.10. The van der Waals surface area contributed by atoms with Crippen LogP contribution in [0.5, 0.6) is 0 Å². The molecule has 23 heavy (non-hydrogen) atoms. The Hall–Kier alpha value is -1.59. The molecule has 0 spiro atoms. The molecular formula is C18H24N2O2S. The molecule has 5 heteroatoms. The number of nitrogens with zero attached hydrogens (tertiary/aromatic N) is 1. The minimum absolute atomic E-state index is 0.0301. The fourth-order valence-electron chi connectivity index (χ4n) is 3.56. The van der Waals surface area contributed by atoms with Gasteiger partial charge in [-0.15, -0.1) is 11.3 Å². The van der Waals surface area contributed by atoms with Crippen LogP contribution in [-0.2, 0) is 0 Å². The zero-order valence-corrected chi connectivity index (χ0v) is 14.8. The number of hydrogen-bond donors (Lipinski definition) is 1. The van der Waals surface area contributed by atoms with Crippen molar-refractivity contribution in [3.8, 4) is 0 Å². The Bertz CT molecular complexity index is 663. The van der Waals surface area contributed by atoms with Crippen LogP contribution >= 0.6 is 11.3 Å². The van der Waals surface area contributed by atoms with Crippen molar-refractivity contribution in [2.24, 2.45) is 5.92 Å². The Labute approximate surface area is 141 Å². The molecule has 1 aliphatic heterocycles. The van der Waals surface area contributed by atoms with Crippen LogP contribution in [-0.4, -0.2) is 30.9 Å². The van der Waals surface area contributed by atoms with E-state index in [1.165, 1.54) is 11.3 Å². The van der Waals surface area contributed by atoms with Crippen molar-refractivity contribution in [2.75, 3.05) is 20.1 Å². The molecule has 4 nitrogen and oxygen atoms in total. The van der Waals surface area contributed by atoms with Crippen LogP contribution in [0.2, 0.25) is 0 Å². The Morgan fingerprint density at radius 3 is 2.96 bits per heavy atom. The maximum absolute atomic E-state index is 12.4. The maximum atomic E-state index is 12.4. The standard InChI is InChI=1S/C18H24N2O2S/c1-12-10-15(13(2)22-12)18(21)19-11-14-6-4-8-20(3)17(14)16-7-5-9-23-16/h5,7,9-10,14,17H,4,6,8,11H2,1-3H3,(H,19,21)/t14-,17+/m1/s1. The quantitative estimate of drug-likeness (QED) is 0.927. The number of nitrogens with one attached hydrogen (secondary N) is 1. The van der Waals surface area contributed by atoms with Crippen LogP contribution in [0.15, 0.2) is 28.0 Å². The molecule has 1 amide bonds. The second kappa shape index (κ2) is 6.89. The lowest BCUT2D eigenvalue weighted by Gasteiger charge is -2.38. The lowest BCUT2D eigenvalue weighted by atomic mass is 9.88. The molecule has 1 saturated heterocycles. The third-order valence-electron chi connectivity index (χ3n) is 4.65. The van der Waals surface area contributed by atoms with Gasteiger partial charge in [-0.25, -0.2) is 0 Å². The monoisotopic (exact) mass is 332 g/mol. The Morgan fingerprint density at radius 1 is 1.48 bits per heavy atom. The summed E-state index contributed by atoms with van der Waals surface area (Å²) in [6.07, 6.45) is 2.33. The number of rotatable bonds is 4. The molecule has 3 rings (SSSR count). The largest absolute Gasteiger partial charge is 0.466 e. The molecule has 2 atom stereocenters. The topological polar surface area (TPSA) is 45.5 Å². The van der Waals surface area contributed by atoms with Crippen LogP contribution in [0.25, 0.3) is 0 Å². The summed E-state index contributed by atoms with van der Waals surface area (Å²) in [7, 11) is 2.18. The van der Waals surface area contributed by atoms with E-state index >= 15 is 0 Å². The van der Waals surface area contributed by atoms with E-state index in [9.17, 15) is 4.79 Å². The van der Waals surface area contributed by atoms with Crippen LogP contribution < -0.4 is 5.32 Å². The molecule has 0 aliphatic carbocycles. The number of carbonyl (C=O) groups excluding carboxylic acids is 1. The Morgan fingerprint density at radius 2 is 2.30 bits per heavy atom. The van der Waals surface area contributed by atoms with Gasteiger partial charge in [0, 0.05) is 17.5 Å². The molecule has 1 aliphatic rings. The molecule has 3 heterocycles. The van der Waals surface area contributed by atoms with E-state index in [1.807, 2.05) is 19.9 Å². The molecule has 1 N–H and O–H groups in total. The third kappa shape index (κ3) is 3.51. The summed E-state index contributed by atoms with van der Waals surface area (Å²) in [5.74, 6) is 1.89. The maximum Gasteiger partial charge on any atom is 0.254 e. The molecule has 0 saturated carbocycles. The summed E-state index contributed by atoms with van der Waals surface area (Å²) in [5.41, 5.74) is 0.652. The molecule has 0 aromatic carbocycles. The molecular weight excluding hydrogens is 308 g/mol. The molecule has 1 fully saturated rings. The lowest BCUT2D eigenvalue weighted by Crippen LogP contribution is -2.41. The number of hydrogen-bond acceptors (Lipinski definition) is 4. The minimum atomic E-state index is -0.0301. The first-order chi connectivity index (χ1) is 11.1. The van der Waals surface area contributed by atoms with Gasteiger partial charge in [0.1, 0.15) is 11.5 Å². The van der Waals surface area contributed by atoms with Crippen LogP contribution in [0.4, 0.5) is 0 Å². The van der Waals surface area contributed by atoms with Gasteiger partial charge < -0.3 is 9.73 Å². The van der Waals surface area contributed by atoms with Crippen LogP contribution in [0, 0.1) is 19.8 Å². The van der Waals surface area contributed by atoms with Gasteiger partial charge >= 0.3 is 0 Å². The smallest absolute Gasteiger partial charge is 0.254 e. The average molecular weight is 332 g/mol. The highest BCUT2D eigenvalue weighted by atomic mass is 32.1. The molecule has 0 radical (unpaired) electrons. The normalized spacial score (nSPS) is 22.2. The van der Waals surface area contributed by atoms with Crippen molar-refractivity contribution in [3.63, 3.8) is 0 Å². The summed E-state index contributed by atoms with van der Waals surface area (Å²) in [6.45, 7) is 5.53. The van der Waals surface area contributed by atoms with Crippen molar-refractivity contribution < 1.29 is 9.21 Å². The molecule has 2 aromatic rings. The van der Waals surface area contributed by atoms with E-state index in [0.29, 0.717) is 29.8 Å². The predicted molar refractivity (Wildman–Crippen MR) is 92.9 cm³/mol. The molecule has 0 unspecified atom stereocenters. The van der Waals surface area contributed by atoms with Gasteiger partial charge in [0.15, 0.2) is 0 Å². The van der Waals surface area contributed by atoms with Gasteiger partial charge in [-0.3, -0.25) is 9.69 Å². The highest BCUT2D eigenvalue weighted by Crippen LogP contribution is 2.36. The SMILES string of the molecule is Cc1cc(C(=O)NC[C@H]2CCCN(C)[C@@H]2c2cccs2)c(C)o1. The summed E-state index contributed by atoms with van der Waals surface area (Å²) in [4.78, 5) is 16.2. The number of thiophene rings is 1. The second-order valence-corrected chi connectivity index (χ2v) is 7.36. The van der Waals surface area contributed by atoms with Crippen LogP contribution in [0.3, 0.4) is 0 Å². The number of piperidine rings is 1. The zero-order valence-electron chi connectivity index (χ0n) is 14.0.